The number of anilines is 1. The molecule has 2 aromatic rings. The van der Waals surface area contributed by atoms with Gasteiger partial charge in [-0.05, 0) is 38.8 Å². The second kappa shape index (κ2) is 9.32. The lowest BCUT2D eigenvalue weighted by atomic mass is 10.1. The number of carbonyl (C=O) groups is 3. The predicted octanol–water partition coefficient (Wildman–Crippen LogP) is 2.85. The molecular formula is C19H21NO7S. The van der Waals surface area contributed by atoms with E-state index in [1.54, 1.807) is 19.9 Å². The van der Waals surface area contributed by atoms with Crippen LogP contribution < -0.4 is 10.9 Å². The second-order valence-electron chi connectivity index (χ2n) is 5.83. The molecule has 0 unspecified atom stereocenters. The zero-order valence-corrected chi connectivity index (χ0v) is 16.9. The van der Waals surface area contributed by atoms with Crippen LogP contribution in [0.5, 0.6) is 0 Å². The number of hydrogen-bond acceptors (Lipinski definition) is 8. The fourth-order valence-electron chi connectivity index (χ4n) is 2.50. The highest BCUT2D eigenvalue weighted by Crippen LogP contribution is 2.29. The molecule has 2 aromatic heterocycles. The summed E-state index contributed by atoms with van der Waals surface area (Å²) in [5.74, 6) is -1.79. The summed E-state index contributed by atoms with van der Waals surface area (Å²) >= 11 is 1.26. The van der Waals surface area contributed by atoms with E-state index in [1.165, 1.54) is 24.3 Å². The molecule has 0 atom stereocenters. The van der Waals surface area contributed by atoms with Gasteiger partial charge in [0, 0.05) is 10.9 Å². The Hall–Kier alpha value is -2.94. The van der Waals surface area contributed by atoms with Crippen LogP contribution in [0.3, 0.4) is 0 Å². The van der Waals surface area contributed by atoms with Gasteiger partial charge in [0.15, 0.2) is 6.61 Å². The first-order valence-corrected chi connectivity index (χ1v) is 9.46. The molecular weight excluding hydrogens is 386 g/mol. The molecule has 1 amide bonds. The molecule has 0 aliphatic carbocycles. The van der Waals surface area contributed by atoms with Crippen molar-refractivity contribution in [3.63, 3.8) is 0 Å². The minimum Gasteiger partial charge on any atom is -0.462 e. The Kier molecular flexibility index (Phi) is 7.11. The summed E-state index contributed by atoms with van der Waals surface area (Å²) in [5.41, 5.74) is 0.193. The van der Waals surface area contributed by atoms with Gasteiger partial charge < -0.3 is 19.2 Å². The summed E-state index contributed by atoms with van der Waals surface area (Å²) < 4.78 is 14.9. The van der Waals surface area contributed by atoms with Crippen LogP contribution in [-0.2, 0) is 20.7 Å². The smallest absolute Gasteiger partial charge is 0.342 e. The van der Waals surface area contributed by atoms with Crippen molar-refractivity contribution in [1.29, 1.82) is 0 Å². The van der Waals surface area contributed by atoms with Gasteiger partial charge in [-0.1, -0.05) is 6.92 Å². The van der Waals surface area contributed by atoms with Gasteiger partial charge in [-0.25, -0.2) is 14.4 Å². The molecule has 0 bridgehead atoms. The number of hydrogen-bond donors (Lipinski definition) is 1. The summed E-state index contributed by atoms with van der Waals surface area (Å²) in [6.45, 7) is 6.32. The molecule has 2 rings (SSSR count). The molecule has 150 valence electrons. The number of amides is 1. The van der Waals surface area contributed by atoms with Crippen LogP contribution in [0, 0.1) is 13.8 Å². The van der Waals surface area contributed by atoms with Crippen LogP contribution in [0.4, 0.5) is 5.00 Å². The first kappa shape index (κ1) is 21.4. The van der Waals surface area contributed by atoms with E-state index in [4.69, 9.17) is 13.9 Å². The maximum atomic E-state index is 12.2. The van der Waals surface area contributed by atoms with Crippen LogP contribution in [0.25, 0.3) is 0 Å². The maximum absolute atomic E-state index is 12.2. The SMILES string of the molecule is CCOC(=O)c1cc(CC)sc1NC(=O)COC(=O)c1c(C)cc(=O)oc1C. The lowest BCUT2D eigenvalue weighted by Gasteiger charge is -2.09. The largest absolute Gasteiger partial charge is 0.462 e. The monoisotopic (exact) mass is 407 g/mol. The predicted molar refractivity (Wildman–Crippen MR) is 103 cm³/mol. The lowest BCUT2D eigenvalue weighted by Crippen LogP contribution is -2.22. The molecule has 0 aliphatic heterocycles. The number of rotatable bonds is 7. The zero-order chi connectivity index (χ0) is 20.8. The number of ether oxygens (including phenoxy) is 2. The quantitative estimate of drug-likeness (QED) is 0.702. The van der Waals surface area contributed by atoms with Gasteiger partial charge in [-0.15, -0.1) is 11.3 Å². The molecule has 9 heteroatoms. The Bertz CT molecular complexity index is 931. The second-order valence-corrected chi connectivity index (χ2v) is 6.97. The highest BCUT2D eigenvalue weighted by atomic mass is 32.1. The van der Waals surface area contributed by atoms with Crippen molar-refractivity contribution in [1.82, 2.24) is 0 Å². The van der Waals surface area contributed by atoms with Gasteiger partial charge in [0.1, 0.15) is 16.3 Å². The normalized spacial score (nSPS) is 10.4. The van der Waals surface area contributed by atoms with Crippen molar-refractivity contribution in [3.8, 4) is 0 Å². The third-order valence-electron chi connectivity index (χ3n) is 3.75. The van der Waals surface area contributed by atoms with Crippen molar-refractivity contribution < 1.29 is 28.3 Å². The molecule has 1 N–H and O–H groups in total. The number of thiophene rings is 1. The molecule has 0 aliphatic rings. The van der Waals surface area contributed by atoms with Gasteiger partial charge in [0.25, 0.3) is 5.91 Å². The van der Waals surface area contributed by atoms with E-state index in [1.807, 2.05) is 6.92 Å². The molecule has 0 radical (unpaired) electrons. The van der Waals surface area contributed by atoms with Gasteiger partial charge in [-0.3, -0.25) is 4.79 Å². The van der Waals surface area contributed by atoms with E-state index in [-0.39, 0.29) is 23.5 Å². The average molecular weight is 407 g/mol. The third-order valence-corrected chi connectivity index (χ3v) is 4.95. The van der Waals surface area contributed by atoms with Gasteiger partial charge in [0.05, 0.1) is 12.2 Å². The van der Waals surface area contributed by atoms with E-state index in [9.17, 15) is 19.2 Å². The highest BCUT2D eigenvalue weighted by molar-refractivity contribution is 7.16. The third kappa shape index (κ3) is 5.07. The fraction of sp³-hybridized carbons (Fsp3) is 0.368. The van der Waals surface area contributed by atoms with E-state index < -0.39 is 30.1 Å². The van der Waals surface area contributed by atoms with Crippen LogP contribution in [0.2, 0.25) is 0 Å². The maximum Gasteiger partial charge on any atom is 0.342 e. The summed E-state index contributed by atoms with van der Waals surface area (Å²) in [5, 5.41) is 2.92. The molecule has 0 aromatic carbocycles. The standard InChI is InChI=1S/C19H21NO7S/c1-5-12-8-13(18(23)25-6-2)17(28-12)20-14(21)9-26-19(24)16-10(3)7-15(22)27-11(16)4/h7-8H,5-6,9H2,1-4H3,(H,20,21). The molecule has 0 fully saturated rings. The number of esters is 2. The molecule has 2 heterocycles. The van der Waals surface area contributed by atoms with E-state index in [0.717, 1.165) is 4.88 Å². The average Bonchev–Trinajstić information content (AvgIpc) is 3.02. The number of aryl methyl sites for hydroxylation is 3. The van der Waals surface area contributed by atoms with Crippen molar-refractivity contribution in [3.05, 3.63) is 49.9 Å². The molecule has 0 saturated carbocycles. The first-order chi connectivity index (χ1) is 13.3. The van der Waals surface area contributed by atoms with Crippen molar-refractivity contribution in [2.45, 2.75) is 34.1 Å². The van der Waals surface area contributed by atoms with Gasteiger partial charge in [0.2, 0.25) is 0 Å². The van der Waals surface area contributed by atoms with Crippen LogP contribution >= 0.6 is 11.3 Å². The molecule has 8 nitrogen and oxygen atoms in total. The summed E-state index contributed by atoms with van der Waals surface area (Å²) in [6, 6.07) is 2.84. The Morgan fingerprint density at radius 3 is 2.43 bits per heavy atom. The number of nitrogens with one attached hydrogen (secondary N) is 1. The zero-order valence-electron chi connectivity index (χ0n) is 16.0. The van der Waals surface area contributed by atoms with Crippen molar-refractivity contribution in [2.75, 3.05) is 18.5 Å². The van der Waals surface area contributed by atoms with E-state index >= 15 is 0 Å². The van der Waals surface area contributed by atoms with Crippen LogP contribution in [0.1, 0.15) is 50.8 Å². The molecule has 0 spiro atoms. The van der Waals surface area contributed by atoms with E-state index in [0.29, 0.717) is 17.0 Å². The topological polar surface area (TPSA) is 112 Å². The Morgan fingerprint density at radius 2 is 1.82 bits per heavy atom. The summed E-state index contributed by atoms with van der Waals surface area (Å²) in [4.78, 5) is 48.7. The first-order valence-electron chi connectivity index (χ1n) is 8.64. The Labute approximate surface area is 165 Å². The lowest BCUT2D eigenvalue weighted by molar-refractivity contribution is -0.119. The Morgan fingerprint density at radius 1 is 1.11 bits per heavy atom. The number of carbonyl (C=O) groups excluding carboxylic acids is 3. The van der Waals surface area contributed by atoms with Crippen LogP contribution in [0.15, 0.2) is 21.3 Å². The summed E-state index contributed by atoms with van der Waals surface area (Å²) in [7, 11) is 0. The van der Waals surface area contributed by atoms with Crippen molar-refractivity contribution in [2.24, 2.45) is 0 Å². The van der Waals surface area contributed by atoms with Crippen molar-refractivity contribution >= 4 is 34.2 Å². The Balaban J connectivity index is 2.07. The minimum absolute atomic E-state index is 0.101. The highest BCUT2D eigenvalue weighted by Gasteiger charge is 2.21. The minimum atomic E-state index is -0.778. The van der Waals surface area contributed by atoms with Gasteiger partial charge in [-0.2, -0.15) is 0 Å². The fourth-order valence-corrected chi connectivity index (χ4v) is 3.50. The van der Waals surface area contributed by atoms with Gasteiger partial charge >= 0.3 is 17.6 Å². The van der Waals surface area contributed by atoms with E-state index in [2.05, 4.69) is 5.32 Å². The molecule has 0 saturated heterocycles. The summed E-state index contributed by atoms with van der Waals surface area (Å²) in [6.07, 6.45) is 0.694. The van der Waals surface area contributed by atoms with Crippen LogP contribution in [-0.4, -0.2) is 31.1 Å². The molecule has 28 heavy (non-hydrogen) atoms.